The highest BCUT2D eigenvalue weighted by atomic mass is 35.5. The highest BCUT2D eigenvalue weighted by Gasteiger charge is 2.20. The summed E-state index contributed by atoms with van der Waals surface area (Å²) in [6.45, 7) is 3.18. The van der Waals surface area contributed by atoms with Crippen LogP contribution in [0.1, 0.15) is 24.2 Å². The second kappa shape index (κ2) is 6.23. The van der Waals surface area contributed by atoms with Crippen LogP contribution >= 0.6 is 34.8 Å². The summed E-state index contributed by atoms with van der Waals surface area (Å²) in [7, 11) is 0. The normalized spacial score (nSPS) is 11.3. The molecule has 1 aromatic carbocycles. The number of halogens is 3. The van der Waals surface area contributed by atoms with Crippen molar-refractivity contribution in [3.63, 3.8) is 0 Å². The molecule has 0 amide bonds. The molecular formula is C12H9Cl3O3. The standard InChI is InChI=1S/C12H9Cl3O3/c1-3-6(2)11(16)18-12(17)10-8(14)4-7(13)5-9(10)15/h3-5H,1-2H3/b6-3+. The molecule has 18 heavy (non-hydrogen) atoms. The summed E-state index contributed by atoms with van der Waals surface area (Å²) in [6, 6.07) is 2.69. The molecule has 6 heteroatoms. The molecule has 0 saturated heterocycles. The Bertz CT molecular complexity index is 512. The van der Waals surface area contributed by atoms with Gasteiger partial charge in [-0.25, -0.2) is 9.59 Å². The molecule has 0 atom stereocenters. The van der Waals surface area contributed by atoms with Gasteiger partial charge in [-0.15, -0.1) is 0 Å². The first kappa shape index (κ1) is 15.0. The largest absolute Gasteiger partial charge is 0.386 e. The maximum absolute atomic E-state index is 11.7. The first-order valence-electron chi connectivity index (χ1n) is 4.90. The van der Waals surface area contributed by atoms with E-state index >= 15 is 0 Å². The van der Waals surface area contributed by atoms with Crippen LogP contribution in [0, 0.1) is 0 Å². The molecule has 0 heterocycles. The first-order valence-corrected chi connectivity index (χ1v) is 6.04. The SMILES string of the molecule is C/C=C(\C)C(=O)OC(=O)c1c(Cl)cc(Cl)cc1Cl. The number of esters is 2. The van der Waals surface area contributed by atoms with E-state index in [0.29, 0.717) is 5.57 Å². The van der Waals surface area contributed by atoms with E-state index in [1.165, 1.54) is 25.1 Å². The number of benzene rings is 1. The van der Waals surface area contributed by atoms with Gasteiger partial charge in [-0.05, 0) is 26.0 Å². The number of rotatable bonds is 2. The van der Waals surface area contributed by atoms with Crippen molar-refractivity contribution in [3.05, 3.63) is 44.4 Å². The minimum Gasteiger partial charge on any atom is -0.386 e. The molecule has 0 saturated carbocycles. The molecule has 96 valence electrons. The van der Waals surface area contributed by atoms with Gasteiger partial charge in [0.1, 0.15) is 0 Å². The molecule has 0 aromatic heterocycles. The van der Waals surface area contributed by atoms with Crippen molar-refractivity contribution in [1.82, 2.24) is 0 Å². The van der Waals surface area contributed by atoms with Gasteiger partial charge in [0.15, 0.2) is 0 Å². The van der Waals surface area contributed by atoms with E-state index in [-0.39, 0.29) is 20.6 Å². The maximum Gasteiger partial charge on any atom is 0.349 e. The van der Waals surface area contributed by atoms with Gasteiger partial charge in [-0.1, -0.05) is 40.9 Å². The van der Waals surface area contributed by atoms with E-state index in [0.717, 1.165) is 0 Å². The molecule has 3 nitrogen and oxygen atoms in total. The minimum absolute atomic E-state index is 0.0310. The Labute approximate surface area is 119 Å². The zero-order valence-electron chi connectivity index (χ0n) is 9.59. The van der Waals surface area contributed by atoms with Crippen molar-refractivity contribution in [3.8, 4) is 0 Å². The summed E-state index contributed by atoms with van der Waals surface area (Å²) >= 11 is 17.4. The van der Waals surface area contributed by atoms with E-state index in [1.54, 1.807) is 6.92 Å². The van der Waals surface area contributed by atoms with Crippen molar-refractivity contribution in [1.29, 1.82) is 0 Å². The monoisotopic (exact) mass is 306 g/mol. The van der Waals surface area contributed by atoms with Gasteiger partial charge in [0, 0.05) is 10.6 Å². The molecule has 0 aliphatic rings. The zero-order valence-corrected chi connectivity index (χ0v) is 11.9. The molecule has 0 unspecified atom stereocenters. The molecule has 1 aromatic rings. The Morgan fingerprint density at radius 2 is 1.67 bits per heavy atom. The lowest BCUT2D eigenvalue weighted by Gasteiger charge is -2.07. The lowest BCUT2D eigenvalue weighted by molar-refractivity contribution is -0.133. The van der Waals surface area contributed by atoms with Gasteiger partial charge in [0.2, 0.25) is 0 Å². The predicted molar refractivity (Wildman–Crippen MR) is 71.3 cm³/mol. The summed E-state index contributed by atoms with van der Waals surface area (Å²) in [5, 5.41) is 0.351. The highest BCUT2D eigenvalue weighted by Crippen LogP contribution is 2.29. The second-order valence-corrected chi connectivity index (χ2v) is 4.64. The van der Waals surface area contributed by atoms with E-state index in [4.69, 9.17) is 34.8 Å². The van der Waals surface area contributed by atoms with E-state index in [9.17, 15) is 9.59 Å². The lowest BCUT2D eigenvalue weighted by Crippen LogP contribution is -2.14. The van der Waals surface area contributed by atoms with Gasteiger partial charge in [0.25, 0.3) is 0 Å². The third kappa shape index (κ3) is 3.48. The quantitative estimate of drug-likeness (QED) is 0.465. The van der Waals surface area contributed by atoms with Crippen molar-refractivity contribution in [2.75, 3.05) is 0 Å². The van der Waals surface area contributed by atoms with E-state index in [2.05, 4.69) is 4.74 Å². The van der Waals surface area contributed by atoms with Crippen molar-refractivity contribution >= 4 is 46.7 Å². The van der Waals surface area contributed by atoms with Crippen LogP contribution in [0.4, 0.5) is 0 Å². The fraction of sp³-hybridized carbons (Fsp3) is 0.167. The number of hydrogen-bond donors (Lipinski definition) is 0. The van der Waals surface area contributed by atoms with Crippen molar-refractivity contribution in [2.45, 2.75) is 13.8 Å². The molecule has 0 aliphatic heterocycles. The average molecular weight is 308 g/mol. The fourth-order valence-corrected chi connectivity index (χ4v) is 2.04. The zero-order chi connectivity index (χ0) is 13.9. The predicted octanol–water partition coefficient (Wildman–Crippen LogP) is 4.30. The van der Waals surface area contributed by atoms with Gasteiger partial charge in [-0.2, -0.15) is 0 Å². The topological polar surface area (TPSA) is 43.4 Å². The maximum atomic E-state index is 11.7. The smallest absolute Gasteiger partial charge is 0.349 e. The summed E-state index contributed by atoms with van der Waals surface area (Å²) in [5.74, 6) is -1.66. The van der Waals surface area contributed by atoms with Gasteiger partial charge < -0.3 is 4.74 Å². The lowest BCUT2D eigenvalue weighted by atomic mass is 10.2. The van der Waals surface area contributed by atoms with E-state index < -0.39 is 11.9 Å². The fourth-order valence-electron chi connectivity index (χ4n) is 1.07. The third-order valence-corrected chi connectivity index (χ3v) is 2.97. The number of hydrogen-bond acceptors (Lipinski definition) is 3. The first-order chi connectivity index (χ1) is 8.36. The number of carbonyl (C=O) groups excluding carboxylic acids is 2. The molecule has 0 aliphatic carbocycles. The molecule has 0 N–H and O–H groups in total. The summed E-state index contributed by atoms with van der Waals surface area (Å²) in [6.07, 6.45) is 1.53. The minimum atomic E-state index is -0.909. The molecule has 0 bridgehead atoms. The Balaban J connectivity index is 3.03. The summed E-state index contributed by atoms with van der Waals surface area (Å²) < 4.78 is 4.63. The van der Waals surface area contributed by atoms with Crippen LogP contribution in [0.25, 0.3) is 0 Å². The van der Waals surface area contributed by atoms with Crippen LogP contribution in [0.15, 0.2) is 23.8 Å². The molecule has 0 fully saturated rings. The van der Waals surface area contributed by atoms with E-state index in [1.807, 2.05) is 0 Å². The number of allylic oxidation sites excluding steroid dienone is 1. The van der Waals surface area contributed by atoms with Gasteiger partial charge in [0.05, 0.1) is 15.6 Å². The summed E-state index contributed by atoms with van der Waals surface area (Å²) in [4.78, 5) is 23.2. The third-order valence-electron chi connectivity index (χ3n) is 2.15. The van der Waals surface area contributed by atoms with Gasteiger partial charge in [-0.3, -0.25) is 0 Å². The van der Waals surface area contributed by atoms with Crippen LogP contribution in [-0.4, -0.2) is 11.9 Å². The molecule has 0 radical (unpaired) electrons. The average Bonchev–Trinajstić information content (AvgIpc) is 2.26. The summed E-state index contributed by atoms with van der Waals surface area (Å²) in [5.41, 5.74) is 0.226. The number of carbonyl (C=O) groups is 2. The van der Waals surface area contributed by atoms with Crippen molar-refractivity contribution < 1.29 is 14.3 Å². The van der Waals surface area contributed by atoms with Crippen LogP contribution in [0.3, 0.4) is 0 Å². The Kier molecular flexibility index (Phi) is 5.20. The van der Waals surface area contributed by atoms with Crippen LogP contribution in [-0.2, 0) is 9.53 Å². The van der Waals surface area contributed by atoms with Crippen LogP contribution < -0.4 is 0 Å². The highest BCUT2D eigenvalue weighted by molar-refractivity contribution is 6.42. The molecule has 1 rings (SSSR count). The number of ether oxygens (including phenoxy) is 1. The van der Waals surface area contributed by atoms with Crippen LogP contribution in [0.2, 0.25) is 15.1 Å². The van der Waals surface area contributed by atoms with Crippen LogP contribution in [0.5, 0.6) is 0 Å². The van der Waals surface area contributed by atoms with Crippen molar-refractivity contribution in [2.24, 2.45) is 0 Å². The Hall–Kier alpha value is -1.03. The van der Waals surface area contributed by atoms with Gasteiger partial charge >= 0.3 is 11.9 Å². The second-order valence-electron chi connectivity index (χ2n) is 3.39. The Morgan fingerprint density at radius 1 is 1.17 bits per heavy atom. The molecule has 0 spiro atoms. The molecular weight excluding hydrogens is 298 g/mol. The Morgan fingerprint density at radius 3 is 2.11 bits per heavy atom.